The maximum Gasteiger partial charge on any atom is 0.259 e. The molecule has 2 rings (SSSR count). The molecule has 0 atom stereocenters. The van der Waals surface area contributed by atoms with Gasteiger partial charge in [0.1, 0.15) is 5.75 Å². The second kappa shape index (κ2) is 10.1. The Balaban J connectivity index is 1.88. The lowest BCUT2D eigenvalue weighted by molar-refractivity contribution is -0.119. The van der Waals surface area contributed by atoms with Crippen LogP contribution in [0.3, 0.4) is 0 Å². The minimum Gasteiger partial charge on any atom is -0.495 e. The van der Waals surface area contributed by atoms with E-state index in [1.165, 1.54) is 0 Å². The predicted molar refractivity (Wildman–Crippen MR) is 106 cm³/mol. The van der Waals surface area contributed by atoms with E-state index in [4.69, 9.17) is 14.2 Å². The first-order chi connectivity index (χ1) is 13.1. The minimum atomic E-state index is -0.243. The third kappa shape index (κ3) is 5.91. The van der Waals surface area contributed by atoms with Crippen molar-refractivity contribution >= 4 is 17.3 Å². The number of hydrogen-bond donors (Lipinski definition) is 2. The van der Waals surface area contributed by atoms with Gasteiger partial charge < -0.3 is 19.5 Å². The summed E-state index contributed by atoms with van der Waals surface area (Å²) in [6.45, 7) is 1.94. The van der Waals surface area contributed by atoms with Crippen molar-refractivity contribution in [2.24, 2.45) is 5.10 Å². The summed E-state index contributed by atoms with van der Waals surface area (Å²) in [5, 5.41) is 7.17. The van der Waals surface area contributed by atoms with Crippen LogP contribution in [0.15, 0.2) is 47.6 Å². The highest BCUT2D eigenvalue weighted by atomic mass is 16.5. The third-order valence-corrected chi connectivity index (χ3v) is 3.83. The number of nitrogens with zero attached hydrogens (tertiary/aromatic N) is 1. The average molecular weight is 371 g/mol. The smallest absolute Gasteiger partial charge is 0.259 e. The molecule has 0 saturated carbocycles. The molecule has 7 nitrogen and oxygen atoms in total. The van der Waals surface area contributed by atoms with Crippen LogP contribution in [0.25, 0.3) is 0 Å². The van der Waals surface area contributed by atoms with E-state index >= 15 is 0 Å². The molecule has 0 unspecified atom stereocenters. The molecular formula is C20H25N3O4. The number of para-hydroxylation sites is 2. The predicted octanol–water partition coefficient (Wildman–Crippen LogP) is 2.86. The summed E-state index contributed by atoms with van der Waals surface area (Å²) in [5.74, 6) is 1.77. The van der Waals surface area contributed by atoms with E-state index in [-0.39, 0.29) is 12.5 Å². The maximum atomic E-state index is 12.0. The Kier molecular flexibility index (Phi) is 7.49. The first-order valence-corrected chi connectivity index (χ1v) is 8.47. The fourth-order valence-corrected chi connectivity index (χ4v) is 2.49. The van der Waals surface area contributed by atoms with Crippen molar-refractivity contribution in [2.45, 2.75) is 13.3 Å². The number of rotatable bonds is 9. The lowest BCUT2D eigenvalue weighted by Gasteiger charge is -2.10. The second-order valence-electron chi connectivity index (χ2n) is 5.80. The van der Waals surface area contributed by atoms with Gasteiger partial charge in [-0.25, -0.2) is 5.43 Å². The monoisotopic (exact) mass is 371 g/mol. The molecule has 0 fully saturated rings. The van der Waals surface area contributed by atoms with E-state index in [1.807, 2.05) is 49.4 Å². The number of hydrazone groups is 1. The van der Waals surface area contributed by atoms with Gasteiger partial charge >= 0.3 is 0 Å². The molecule has 0 bridgehead atoms. The largest absolute Gasteiger partial charge is 0.495 e. The molecular weight excluding hydrogens is 346 g/mol. The van der Waals surface area contributed by atoms with Crippen LogP contribution in [0, 0.1) is 0 Å². The van der Waals surface area contributed by atoms with Gasteiger partial charge in [0.25, 0.3) is 5.91 Å². The van der Waals surface area contributed by atoms with Crippen molar-refractivity contribution in [1.29, 1.82) is 0 Å². The molecule has 2 N–H and O–H groups in total. The van der Waals surface area contributed by atoms with Gasteiger partial charge in [-0.05, 0) is 36.8 Å². The Morgan fingerprint density at radius 3 is 2.37 bits per heavy atom. The molecule has 7 heteroatoms. The number of methoxy groups -OCH3 is 3. The van der Waals surface area contributed by atoms with Crippen LogP contribution in [-0.4, -0.2) is 39.5 Å². The number of benzene rings is 2. The van der Waals surface area contributed by atoms with E-state index in [0.717, 1.165) is 17.0 Å². The van der Waals surface area contributed by atoms with Gasteiger partial charge in [-0.3, -0.25) is 4.79 Å². The van der Waals surface area contributed by atoms with Crippen LogP contribution < -0.4 is 25.0 Å². The molecule has 0 heterocycles. The Morgan fingerprint density at radius 2 is 1.67 bits per heavy atom. The van der Waals surface area contributed by atoms with Crippen molar-refractivity contribution in [3.8, 4) is 17.2 Å². The van der Waals surface area contributed by atoms with E-state index in [9.17, 15) is 4.79 Å². The van der Waals surface area contributed by atoms with Gasteiger partial charge in [0.15, 0.2) is 11.5 Å². The lowest BCUT2D eigenvalue weighted by atomic mass is 10.1. The molecule has 2 aromatic carbocycles. The fourth-order valence-electron chi connectivity index (χ4n) is 2.49. The quantitative estimate of drug-likeness (QED) is 0.523. The Hall–Kier alpha value is -3.22. The number of ether oxygens (including phenoxy) is 3. The standard InChI is InChI=1S/C20H25N3O4/c1-14(11-15-9-10-18(26-3)19(12-15)27-4)22-23-20(24)13-21-16-7-5-6-8-17(16)25-2/h5-10,12,21H,11,13H2,1-4H3,(H,23,24)/b22-14-. The first-order valence-electron chi connectivity index (χ1n) is 8.47. The zero-order valence-corrected chi connectivity index (χ0v) is 16.0. The summed E-state index contributed by atoms with van der Waals surface area (Å²) in [5.41, 5.74) is 5.08. The number of carbonyl (C=O) groups is 1. The van der Waals surface area contributed by atoms with Crippen molar-refractivity contribution in [1.82, 2.24) is 5.43 Å². The van der Waals surface area contributed by atoms with E-state index in [2.05, 4.69) is 15.8 Å². The highest BCUT2D eigenvalue weighted by Crippen LogP contribution is 2.27. The van der Waals surface area contributed by atoms with Crippen LogP contribution in [0.5, 0.6) is 17.2 Å². The summed E-state index contributed by atoms with van der Waals surface area (Å²) >= 11 is 0. The van der Waals surface area contributed by atoms with Gasteiger partial charge in [-0.2, -0.15) is 5.10 Å². The molecule has 0 radical (unpaired) electrons. The molecule has 0 spiro atoms. The van der Waals surface area contributed by atoms with Crippen molar-refractivity contribution in [2.75, 3.05) is 33.2 Å². The normalized spacial score (nSPS) is 10.9. The number of anilines is 1. The zero-order valence-electron chi connectivity index (χ0n) is 16.0. The Labute approximate surface area is 159 Å². The molecule has 0 aliphatic rings. The molecule has 27 heavy (non-hydrogen) atoms. The average Bonchev–Trinajstić information content (AvgIpc) is 2.70. The highest BCUT2D eigenvalue weighted by Gasteiger charge is 2.07. The summed E-state index contributed by atoms with van der Waals surface area (Å²) in [6, 6.07) is 13.1. The van der Waals surface area contributed by atoms with Gasteiger partial charge in [0.05, 0.1) is 33.6 Å². The van der Waals surface area contributed by atoms with Gasteiger partial charge in [0.2, 0.25) is 0 Å². The van der Waals surface area contributed by atoms with Gasteiger partial charge in [-0.1, -0.05) is 18.2 Å². The number of amides is 1. The molecule has 0 saturated heterocycles. The second-order valence-corrected chi connectivity index (χ2v) is 5.80. The van der Waals surface area contributed by atoms with Crippen molar-refractivity contribution < 1.29 is 19.0 Å². The Bertz CT molecular complexity index is 806. The molecule has 2 aromatic rings. The van der Waals surface area contributed by atoms with E-state index in [0.29, 0.717) is 23.7 Å². The number of hydrogen-bond acceptors (Lipinski definition) is 6. The van der Waals surface area contributed by atoms with E-state index in [1.54, 1.807) is 21.3 Å². The number of nitrogens with one attached hydrogen (secondary N) is 2. The van der Waals surface area contributed by atoms with E-state index < -0.39 is 0 Å². The molecule has 0 aliphatic carbocycles. The van der Waals surface area contributed by atoms with Crippen molar-refractivity contribution in [3.63, 3.8) is 0 Å². The van der Waals surface area contributed by atoms with Crippen LogP contribution in [0.2, 0.25) is 0 Å². The molecule has 144 valence electrons. The first kappa shape index (κ1) is 20.1. The fraction of sp³-hybridized carbons (Fsp3) is 0.300. The maximum absolute atomic E-state index is 12.0. The third-order valence-electron chi connectivity index (χ3n) is 3.83. The van der Waals surface area contributed by atoms with Crippen molar-refractivity contribution in [3.05, 3.63) is 48.0 Å². The summed E-state index contributed by atoms with van der Waals surface area (Å²) < 4.78 is 15.8. The van der Waals surface area contributed by atoms with Crippen LogP contribution in [-0.2, 0) is 11.2 Å². The molecule has 0 aliphatic heterocycles. The topological polar surface area (TPSA) is 81.2 Å². The summed E-state index contributed by atoms with van der Waals surface area (Å²) in [4.78, 5) is 12.0. The van der Waals surface area contributed by atoms with Crippen LogP contribution >= 0.6 is 0 Å². The Morgan fingerprint density at radius 1 is 0.963 bits per heavy atom. The SMILES string of the molecule is COc1ccccc1NCC(=O)N/N=C(/C)Cc1ccc(OC)c(OC)c1. The number of carbonyl (C=O) groups excluding carboxylic acids is 1. The molecule has 0 aromatic heterocycles. The highest BCUT2D eigenvalue weighted by molar-refractivity contribution is 5.87. The summed E-state index contributed by atoms with van der Waals surface area (Å²) in [6.07, 6.45) is 0.584. The summed E-state index contributed by atoms with van der Waals surface area (Å²) in [7, 11) is 4.78. The minimum absolute atomic E-state index is 0.0908. The zero-order chi connectivity index (χ0) is 19.6. The van der Waals surface area contributed by atoms with Gasteiger partial charge in [0, 0.05) is 12.1 Å². The lowest BCUT2D eigenvalue weighted by Crippen LogP contribution is -2.27. The van der Waals surface area contributed by atoms with Crippen LogP contribution in [0.4, 0.5) is 5.69 Å². The van der Waals surface area contributed by atoms with Gasteiger partial charge in [-0.15, -0.1) is 0 Å². The van der Waals surface area contributed by atoms with Crippen LogP contribution in [0.1, 0.15) is 12.5 Å². The molecule has 1 amide bonds.